The van der Waals surface area contributed by atoms with Crippen LogP contribution in [0.3, 0.4) is 0 Å². The molecule has 3 heteroatoms. The number of methoxy groups -OCH3 is 1. The van der Waals surface area contributed by atoms with Crippen molar-refractivity contribution >= 4 is 0 Å². The summed E-state index contributed by atoms with van der Waals surface area (Å²) >= 11 is 0. The molecule has 0 unspecified atom stereocenters. The molecule has 1 aromatic rings. The molecular formula is C19H29NO2. The third-order valence-corrected chi connectivity index (χ3v) is 5.80. The van der Waals surface area contributed by atoms with Gasteiger partial charge >= 0.3 is 0 Å². The standard InChI is InChI=1S/C19H29NO2/c1-16-5-3-4-6-17(16)13-20-10-7-19(8-11-20)9-12-22-15-18(19)14-21-2/h3-6,18H,7-15H2,1-2H3/t18-/m1/s1. The first-order chi connectivity index (χ1) is 10.7. The Morgan fingerprint density at radius 3 is 2.73 bits per heavy atom. The van der Waals surface area contributed by atoms with Crippen molar-refractivity contribution in [2.45, 2.75) is 32.7 Å². The van der Waals surface area contributed by atoms with Crippen molar-refractivity contribution in [1.82, 2.24) is 4.90 Å². The Balaban J connectivity index is 1.60. The number of benzene rings is 1. The van der Waals surface area contributed by atoms with E-state index in [-0.39, 0.29) is 0 Å². The number of hydrogen-bond acceptors (Lipinski definition) is 3. The van der Waals surface area contributed by atoms with E-state index in [2.05, 4.69) is 36.1 Å². The summed E-state index contributed by atoms with van der Waals surface area (Å²) in [7, 11) is 1.82. The lowest BCUT2D eigenvalue weighted by atomic mass is 9.66. The third kappa shape index (κ3) is 3.37. The quantitative estimate of drug-likeness (QED) is 0.852. The van der Waals surface area contributed by atoms with Gasteiger partial charge in [-0.15, -0.1) is 0 Å². The summed E-state index contributed by atoms with van der Waals surface area (Å²) in [6.07, 6.45) is 3.78. The smallest absolute Gasteiger partial charge is 0.0521 e. The van der Waals surface area contributed by atoms with E-state index in [4.69, 9.17) is 9.47 Å². The molecule has 0 radical (unpaired) electrons. The van der Waals surface area contributed by atoms with E-state index in [9.17, 15) is 0 Å². The van der Waals surface area contributed by atoms with E-state index >= 15 is 0 Å². The van der Waals surface area contributed by atoms with Crippen molar-refractivity contribution in [2.75, 3.05) is 40.0 Å². The molecule has 2 fully saturated rings. The number of ether oxygens (including phenoxy) is 2. The van der Waals surface area contributed by atoms with E-state index in [1.165, 1.54) is 43.5 Å². The average molecular weight is 303 g/mol. The molecule has 0 saturated carbocycles. The lowest BCUT2D eigenvalue weighted by molar-refractivity contribution is -0.0951. The Hall–Kier alpha value is -0.900. The predicted octanol–water partition coefficient (Wildman–Crippen LogP) is 3.26. The molecular weight excluding hydrogens is 274 g/mol. The molecule has 2 aliphatic heterocycles. The second-order valence-electron chi connectivity index (χ2n) is 7.04. The first kappa shape index (κ1) is 16.0. The first-order valence-corrected chi connectivity index (χ1v) is 8.57. The largest absolute Gasteiger partial charge is 0.384 e. The first-order valence-electron chi connectivity index (χ1n) is 8.57. The molecule has 0 N–H and O–H groups in total. The van der Waals surface area contributed by atoms with E-state index < -0.39 is 0 Å². The van der Waals surface area contributed by atoms with Gasteiger partial charge < -0.3 is 9.47 Å². The van der Waals surface area contributed by atoms with Crippen LogP contribution in [0.1, 0.15) is 30.4 Å². The molecule has 22 heavy (non-hydrogen) atoms. The second kappa shape index (κ2) is 7.12. The molecule has 1 spiro atoms. The Labute approximate surface area is 134 Å². The third-order valence-electron chi connectivity index (χ3n) is 5.80. The summed E-state index contributed by atoms with van der Waals surface area (Å²) in [5.74, 6) is 0.576. The number of likely N-dealkylation sites (tertiary alicyclic amines) is 1. The highest BCUT2D eigenvalue weighted by molar-refractivity contribution is 5.25. The Morgan fingerprint density at radius 2 is 2.00 bits per heavy atom. The summed E-state index contributed by atoms with van der Waals surface area (Å²) in [5, 5.41) is 0. The highest BCUT2D eigenvalue weighted by Gasteiger charge is 2.43. The fourth-order valence-electron chi connectivity index (χ4n) is 4.15. The van der Waals surface area contributed by atoms with Crippen molar-refractivity contribution in [3.8, 4) is 0 Å². The zero-order valence-electron chi connectivity index (χ0n) is 14.0. The number of nitrogens with zero attached hydrogens (tertiary/aromatic N) is 1. The van der Waals surface area contributed by atoms with E-state index in [0.29, 0.717) is 11.3 Å². The molecule has 0 bridgehead atoms. The summed E-state index contributed by atoms with van der Waals surface area (Å²) in [6, 6.07) is 8.76. The van der Waals surface area contributed by atoms with E-state index in [1.54, 1.807) is 0 Å². The van der Waals surface area contributed by atoms with Crippen molar-refractivity contribution in [3.05, 3.63) is 35.4 Å². The van der Waals surface area contributed by atoms with E-state index in [0.717, 1.165) is 26.4 Å². The molecule has 122 valence electrons. The summed E-state index contributed by atoms with van der Waals surface area (Å²) in [4.78, 5) is 2.62. The van der Waals surface area contributed by atoms with Gasteiger partial charge in [-0.25, -0.2) is 0 Å². The average Bonchev–Trinajstić information content (AvgIpc) is 2.54. The summed E-state index contributed by atoms with van der Waals surface area (Å²) < 4.78 is 11.2. The van der Waals surface area contributed by atoms with Gasteiger partial charge in [-0.1, -0.05) is 24.3 Å². The zero-order valence-corrected chi connectivity index (χ0v) is 14.0. The molecule has 2 aliphatic rings. The van der Waals surface area contributed by atoms with Crippen LogP contribution in [0.15, 0.2) is 24.3 Å². The van der Waals surface area contributed by atoms with Crippen LogP contribution in [0.4, 0.5) is 0 Å². The zero-order chi connectivity index (χ0) is 15.4. The topological polar surface area (TPSA) is 21.7 Å². The molecule has 3 rings (SSSR count). The molecule has 3 nitrogen and oxygen atoms in total. The predicted molar refractivity (Wildman–Crippen MR) is 88.9 cm³/mol. The van der Waals surface area contributed by atoms with Crippen LogP contribution in [0.2, 0.25) is 0 Å². The van der Waals surface area contributed by atoms with Crippen molar-refractivity contribution in [2.24, 2.45) is 11.3 Å². The summed E-state index contributed by atoms with van der Waals surface area (Å²) in [6.45, 7) is 8.37. The lowest BCUT2D eigenvalue weighted by Gasteiger charge is -2.49. The lowest BCUT2D eigenvalue weighted by Crippen LogP contribution is -2.49. The highest BCUT2D eigenvalue weighted by atomic mass is 16.5. The van der Waals surface area contributed by atoms with Gasteiger partial charge in [0.2, 0.25) is 0 Å². The molecule has 1 atom stereocenters. The highest BCUT2D eigenvalue weighted by Crippen LogP contribution is 2.45. The minimum absolute atomic E-state index is 0.455. The SMILES string of the molecule is COC[C@@H]1COCCC12CCN(Cc1ccccc1C)CC2. The van der Waals surface area contributed by atoms with E-state index in [1.807, 2.05) is 7.11 Å². The maximum atomic E-state index is 5.71. The Morgan fingerprint density at radius 1 is 1.23 bits per heavy atom. The number of piperidine rings is 1. The Kier molecular flexibility index (Phi) is 5.17. The molecule has 2 heterocycles. The van der Waals surface area contributed by atoms with Crippen LogP contribution in [0.5, 0.6) is 0 Å². The molecule has 1 aromatic carbocycles. The molecule has 0 aromatic heterocycles. The molecule has 0 amide bonds. The van der Waals surface area contributed by atoms with Gasteiger partial charge in [0.05, 0.1) is 13.2 Å². The fourth-order valence-corrected chi connectivity index (χ4v) is 4.15. The van der Waals surface area contributed by atoms with Gasteiger partial charge in [0.15, 0.2) is 0 Å². The van der Waals surface area contributed by atoms with Gasteiger partial charge in [0, 0.05) is 26.2 Å². The van der Waals surface area contributed by atoms with Crippen LogP contribution in [-0.2, 0) is 16.0 Å². The number of hydrogen-bond donors (Lipinski definition) is 0. The van der Waals surface area contributed by atoms with Gasteiger partial charge in [-0.05, 0) is 55.8 Å². The van der Waals surface area contributed by atoms with Crippen molar-refractivity contribution in [3.63, 3.8) is 0 Å². The van der Waals surface area contributed by atoms with Gasteiger partial charge in [-0.3, -0.25) is 4.90 Å². The maximum Gasteiger partial charge on any atom is 0.0521 e. The van der Waals surface area contributed by atoms with Crippen LogP contribution in [-0.4, -0.2) is 44.9 Å². The van der Waals surface area contributed by atoms with Gasteiger partial charge in [-0.2, -0.15) is 0 Å². The van der Waals surface area contributed by atoms with Crippen LogP contribution >= 0.6 is 0 Å². The summed E-state index contributed by atoms with van der Waals surface area (Å²) in [5.41, 5.74) is 3.33. The second-order valence-corrected chi connectivity index (χ2v) is 7.04. The number of rotatable bonds is 4. The number of aryl methyl sites for hydroxylation is 1. The monoisotopic (exact) mass is 303 g/mol. The van der Waals surface area contributed by atoms with Crippen molar-refractivity contribution in [1.29, 1.82) is 0 Å². The maximum absolute atomic E-state index is 5.71. The van der Waals surface area contributed by atoms with Crippen LogP contribution < -0.4 is 0 Å². The Bertz CT molecular complexity index is 478. The van der Waals surface area contributed by atoms with Gasteiger partial charge in [0.1, 0.15) is 0 Å². The van der Waals surface area contributed by atoms with Crippen LogP contribution in [0, 0.1) is 18.3 Å². The molecule has 2 saturated heterocycles. The van der Waals surface area contributed by atoms with Crippen LogP contribution in [0.25, 0.3) is 0 Å². The fraction of sp³-hybridized carbons (Fsp3) is 0.684. The normalized spacial score (nSPS) is 25.5. The minimum Gasteiger partial charge on any atom is -0.384 e. The minimum atomic E-state index is 0.455. The van der Waals surface area contributed by atoms with Gasteiger partial charge in [0.25, 0.3) is 0 Å². The molecule has 0 aliphatic carbocycles. The van der Waals surface area contributed by atoms with Crippen molar-refractivity contribution < 1.29 is 9.47 Å².